The summed E-state index contributed by atoms with van der Waals surface area (Å²) in [6, 6.07) is 4.08. The number of aliphatic imine (C=N–C) groups is 1. The molecule has 6 heteroatoms. The third kappa shape index (κ3) is 4.59. The van der Waals surface area contributed by atoms with Gasteiger partial charge in [0.15, 0.2) is 5.96 Å². The lowest BCUT2D eigenvalue weighted by Crippen LogP contribution is -2.45. The Kier molecular flexibility index (Phi) is 5.60. The van der Waals surface area contributed by atoms with Crippen molar-refractivity contribution < 1.29 is 4.74 Å². The Labute approximate surface area is 133 Å². The minimum absolute atomic E-state index is 0.0770. The first-order valence-corrected chi connectivity index (χ1v) is 7.73. The van der Waals surface area contributed by atoms with Gasteiger partial charge in [0.1, 0.15) is 5.82 Å². The molecular formula is C16H27N5O. The molecule has 0 radical (unpaired) electrons. The third-order valence-corrected chi connectivity index (χ3v) is 3.88. The first-order valence-electron chi connectivity index (χ1n) is 7.73. The van der Waals surface area contributed by atoms with Crippen molar-refractivity contribution in [1.82, 2.24) is 15.6 Å². The van der Waals surface area contributed by atoms with E-state index in [0.717, 1.165) is 37.8 Å². The predicted molar refractivity (Wildman–Crippen MR) is 90.4 cm³/mol. The zero-order chi connectivity index (χ0) is 16.0. The highest BCUT2D eigenvalue weighted by molar-refractivity contribution is 5.79. The van der Waals surface area contributed by atoms with Crippen molar-refractivity contribution >= 4 is 11.8 Å². The van der Waals surface area contributed by atoms with E-state index in [1.165, 1.54) is 5.56 Å². The van der Waals surface area contributed by atoms with Crippen LogP contribution in [0.3, 0.4) is 0 Å². The van der Waals surface area contributed by atoms with Crippen LogP contribution in [-0.2, 0) is 11.3 Å². The van der Waals surface area contributed by atoms with Crippen LogP contribution in [-0.4, -0.2) is 50.8 Å². The van der Waals surface area contributed by atoms with E-state index in [9.17, 15) is 0 Å². The van der Waals surface area contributed by atoms with Crippen molar-refractivity contribution in [3.8, 4) is 0 Å². The molecule has 1 atom stereocenters. The number of hydrogen-bond acceptors (Lipinski definition) is 4. The molecule has 0 bridgehead atoms. The normalized spacial score (nSPS) is 21.7. The van der Waals surface area contributed by atoms with E-state index in [-0.39, 0.29) is 5.60 Å². The van der Waals surface area contributed by atoms with Gasteiger partial charge in [-0.3, -0.25) is 4.99 Å². The molecule has 1 saturated heterocycles. The molecule has 22 heavy (non-hydrogen) atoms. The van der Waals surface area contributed by atoms with Gasteiger partial charge in [0.05, 0.1) is 5.60 Å². The topological polar surface area (TPSA) is 61.8 Å². The van der Waals surface area contributed by atoms with E-state index in [0.29, 0.717) is 6.54 Å². The molecule has 1 aromatic heterocycles. The lowest BCUT2D eigenvalue weighted by atomic mass is 10.0. The van der Waals surface area contributed by atoms with E-state index in [4.69, 9.17) is 4.74 Å². The first kappa shape index (κ1) is 16.5. The molecule has 1 aromatic rings. The van der Waals surface area contributed by atoms with Crippen molar-refractivity contribution in [2.45, 2.75) is 31.9 Å². The second kappa shape index (κ2) is 7.45. The van der Waals surface area contributed by atoms with Gasteiger partial charge < -0.3 is 20.3 Å². The van der Waals surface area contributed by atoms with E-state index in [2.05, 4.69) is 33.6 Å². The van der Waals surface area contributed by atoms with Crippen molar-refractivity contribution in [2.24, 2.45) is 4.99 Å². The van der Waals surface area contributed by atoms with Crippen LogP contribution < -0.4 is 15.5 Å². The smallest absolute Gasteiger partial charge is 0.191 e. The largest absolute Gasteiger partial charge is 0.373 e. The van der Waals surface area contributed by atoms with Crippen molar-refractivity contribution in [1.29, 1.82) is 0 Å². The van der Waals surface area contributed by atoms with Crippen molar-refractivity contribution in [2.75, 3.05) is 39.2 Å². The average molecular weight is 305 g/mol. The maximum absolute atomic E-state index is 5.78. The summed E-state index contributed by atoms with van der Waals surface area (Å²) >= 11 is 0. The number of nitrogens with one attached hydrogen (secondary N) is 2. The summed E-state index contributed by atoms with van der Waals surface area (Å²) in [5.41, 5.74) is 1.09. The Morgan fingerprint density at radius 2 is 2.27 bits per heavy atom. The van der Waals surface area contributed by atoms with Gasteiger partial charge in [-0.1, -0.05) is 0 Å². The quantitative estimate of drug-likeness (QED) is 0.636. The van der Waals surface area contributed by atoms with Gasteiger partial charge in [-0.05, 0) is 37.5 Å². The Hall–Kier alpha value is -1.82. The molecular weight excluding hydrogens is 278 g/mol. The van der Waals surface area contributed by atoms with Crippen molar-refractivity contribution in [3.05, 3.63) is 23.9 Å². The predicted octanol–water partition coefficient (Wildman–Crippen LogP) is 1.38. The first-order chi connectivity index (χ1) is 10.5. The van der Waals surface area contributed by atoms with Gasteiger partial charge in [0.25, 0.3) is 0 Å². The zero-order valence-electron chi connectivity index (χ0n) is 14.0. The van der Waals surface area contributed by atoms with Crippen LogP contribution >= 0.6 is 0 Å². The highest BCUT2D eigenvalue weighted by Crippen LogP contribution is 2.23. The fourth-order valence-corrected chi connectivity index (χ4v) is 2.47. The molecule has 1 aliphatic heterocycles. The highest BCUT2D eigenvalue weighted by atomic mass is 16.5. The minimum Gasteiger partial charge on any atom is -0.373 e. The maximum Gasteiger partial charge on any atom is 0.191 e. The average Bonchev–Trinajstić information content (AvgIpc) is 2.95. The van der Waals surface area contributed by atoms with Crippen LogP contribution in [0, 0.1) is 0 Å². The number of guanidine groups is 1. The molecule has 0 amide bonds. The van der Waals surface area contributed by atoms with Crippen LogP contribution in [0.4, 0.5) is 5.82 Å². The second-order valence-electron chi connectivity index (χ2n) is 6.10. The van der Waals surface area contributed by atoms with Gasteiger partial charge in [-0.25, -0.2) is 4.98 Å². The summed E-state index contributed by atoms with van der Waals surface area (Å²) in [5.74, 6) is 1.74. The molecule has 2 heterocycles. The summed E-state index contributed by atoms with van der Waals surface area (Å²) in [7, 11) is 5.76. The molecule has 0 aliphatic carbocycles. The Morgan fingerprint density at radius 3 is 2.91 bits per heavy atom. The zero-order valence-corrected chi connectivity index (χ0v) is 14.0. The standard InChI is InChI=1S/C16H27N5O/c1-16(7-5-9-22-16)12-20-15(17-2)19-11-13-6-8-18-14(10-13)21(3)4/h6,8,10H,5,7,9,11-12H2,1-4H3,(H2,17,19,20). The maximum atomic E-state index is 5.78. The molecule has 0 saturated carbocycles. The monoisotopic (exact) mass is 305 g/mol. The van der Waals surface area contributed by atoms with E-state index in [1.54, 1.807) is 7.05 Å². The number of anilines is 1. The van der Waals surface area contributed by atoms with E-state index in [1.807, 2.05) is 31.3 Å². The van der Waals surface area contributed by atoms with Crippen LogP contribution in [0.15, 0.2) is 23.3 Å². The van der Waals surface area contributed by atoms with E-state index < -0.39 is 0 Å². The fourth-order valence-electron chi connectivity index (χ4n) is 2.47. The highest BCUT2D eigenvalue weighted by Gasteiger charge is 2.29. The lowest BCUT2D eigenvalue weighted by molar-refractivity contribution is 0.0243. The Balaban J connectivity index is 1.84. The molecule has 1 unspecified atom stereocenters. The van der Waals surface area contributed by atoms with Gasteiger partial charge in [0, 0.05) is 47.0 Å². The summed E-state index contributed by atoms with van der Waals surface area (Å²) in [6.45, 7) is 4.48. The molecule has 1 aliphatic rings. The molecule has 2 N–H and O–H groups in total. The van der Waals surface area contributed by atoms with E-state index >= 15 is 0 Å². The van der Waals surface area contributed by atoms with Crippen LogP contribution in [0.1, 0.15) is 25.3 Å². The second-order valence-corrected chi connectivity index (χ2v) is 6.10. The third-order valence-electron chi connectivity index (χ3n) is 3.88. The number of nitrogens with zero attached hydrogens (tertiary/aromatic N) is 3. The summed E-state index contributed by atoms with van der Waals surface area (Å²) in [4.78, 5) is 10.6. The summed E-state index contributed by atoms with van der Waals surface area (Å²) in [5, 5.41) is 6.68. The van der Waals surface area contributed by atoms with Crippen LogP contribution in [0.2, 0.25) is 0 Å². The number of ether oxygens (including phenoxy) is 1. The van der Waals surface area contributed by atoms with Gasteiger partial charge >= 0.3 is 0 Å². The molecule has 122 valence electrons. The van der Waals surface area contributed by atoms with Gasteiger partial charge in [0.2, 0.25) is 0 Å². The van der Waals surface area contributed by atoms with Crippen molar-refractivity contribution in [3.63, 3.8) is 0 Å². The van der Waals surface area contributed by atoms with Crippen LogP contribution in [0.25, 0.3) is 0 Å². The summed E-state index contributed by atoms with van der Waals surface area (Å²) < 4.78 is 5.78. The number of aromatic nitrogens is 1. The van der Waals surface area contributed by atoms with Gasteiger partial charge in [-0.2, -0.15) is 0 Å². The Bertz CT molecular complexity index is 509. The Morgan fingerprint density at radius 1 is 1.45 bits per heavy atom. The van der Waals surface area contributed by atoms with Crippen LogP contribution in [0.5, 0.6) is 0 Å². The van der Waals surface area contributed by atoms with Gasteiger partial charge in [-0.15, -0.1) is 0 Å². The molecule has 6 nitrogen and oxygen atoms in total. The SMILES string of the molecule is CN=C(NCc1ccnc(N(C)C)c1)NCC1(C)CCCO1. The lowest BCUT2D eigenvalue weighted by Gasteiger charge is -2.24. The minimum atomic E-state index is -0.0770. The molecule has 0 spiro atoms. The number of rotatable bonds is 5. The molecule has 0 aromatic carbocycles. The fraction of sp³-hybridized carbons (Fsp3) is 0.625. The number of pyridine rings is 1. The molecule has 1 fully saturated rings. The summed E-state index contributed by atoms with van der Waals surface area (Å²) in [6.07, 6.45) is 4.05. The number of hydrogen-bond donors (Lipinski definition) is 2. The molecule has 2 rings (SSSR count).